The molecule has 1 aliphatic carbocycles. The lowest BCUT2D eigenvalue weighted by Crippen LogP contribution is -2.02. The number of furan rings is 2. The van der Waals surface area contributed by atoms with E-state index in [1.165, 1.54) is 47.2 Å². The number of rotatable bonds is 4. The van der Waals surface area contributed by atoms with Crippen LogP contribution in [0.2, 0.25) is 0 Å². The first-order valence-corrected chi connectivity index (χ1v) is 10.9. The lowest BCUT2D eigenvalue weighted by Gasteiger charge is -2.18. The van der Waals surface area contributed by atoms with Crippen LogP contribution in [0.1, 0.15) is 35.5 Å². The molecule has 156 valence electrons. The van der Waals surface area contributed by atoms with Crippen molar-refractivity contribution in [3.05, 3.63) is 108 Å². The molecule has 3 aromatic carbocycles. The highest BCUT2D eigenvalue weighted by Gasteiger charge is 2.13. The summed E-state index contributed by atoms with van der Waals surface area (Å²) in [5.41, 5.74) is 3.17. The summed E-state index contributed by atoms with van der Waals surface area (Å²) in [6.07, 6.45) is 8.48. The molecule has 3 nitrogen and oxygen atoms in total. The smallest absolute Gasteiger partial charge is 0.129 e. The largest absolute Gasteiger partial charge is 0.467 e. The summed E-state index contributed by atoms with van der Waals surface area (Å²) in [6, 6.07) is 25.4. The molecule has 2 heterocycles. The molecule has 5 aromatic rings. The number of benzene rings is 3. The Morgan fingerprint density at radius 3 is 2.06 bits per heavy atom. The second-order valence-electron chi connectivity index (χ2n) is 7.94. The van der Waals surface area contributed by atoms with Crippen molar-refractivity contribution < 1.29 is 13.6 Å². The lowest BCUT2D eigenvalue weighted by molar-refractivity contribution is 0.0803. The van der Waals surface area contributed by atoms with Crippen molar-refractivity contribution in [3.63, 3.8) is 0 Å². The van der Waals surface area contributed by atoms with Gasteiger partial charge in [0.2, 0.25) is 0 Å². The third-order valence-corrected chi connectivity index (χ3v) is 5.91. The zero-order valence-electron chi connectivity index (χ0n) is 17.6. The minimum Gasteiger partial charge on any atom is -0.467 e. The van der Waals surface area contributed by atoms with Crippen LogP contribution in [0.3, 0.4) is 0 Å². The van der Waals surface area contributed by atoms with Crippen LogP contribution in [0.25, 0.3) is 21.5 Å². The molecule has 31 heavy (non-hydrogen) atoms. The normalized spacial score (nSPS) is 13.0. The fourth-order valence-electron chi connectivity index (χ4n) is 4.38. The van der Waals surface area contributed by atoms with E-state index < -0.39 is 0 Å². The maximum Gasteiger partial charge on any atom is 0.129 e. The topological polar surface area (TPSA) is 35.5 Å². The Labute approximate surface area is 182 Å². The lowest BCUT2D eigenvalue weighted by atomic mass is 9.86. The van der Waals surface area contributed by atoms with Crippen LogP contribution < -0.4 is 0 Å². The van der Waals surface area contributed by atoms with Crippen molar-refractivity contribution >= 4 is 21.5 Å². The molecule has 6 rings (SSSR count). The Balaban J connectivity index is 0.000000140. The number of hydrogen-bond donors (Lipinski definition) is 0. The Hall–Kier alpha value is -3.30. The van der Waals surface area contributed by atoms with Gasteiger partial charge in [0.05, 0.1) is 12.5 Å². The van der Waals surface area contributed by atoms with E-state index in [9.17, 15) is 0 Å². The van der Waals surface area contributed by atoms with Crippen molar-refractivity contribution in [2.75, 3.05) is 0 Å². The first-order valence-electron chi connectivity index (χ1n) is 10.9. The van der Waals surface area contributed by atoms with Gasteiger partial charge in [-0.3, -0.25) is 0 Å². The molecule has 0 atom stereocenters. The van der Waals surface area contributed by atoms with E-state index >= 15 is 0 Å². The number of aryl methyl sites for hydroxylation is 2. The van der Waals surface area contributed by atoms with E-state index in [4.69, 9.17) is 13.6 Å². The third kappa shape index (κ3) is 4.42. The van der Waals surface area contributed by atoms with Crippen molar-refractivity contribution in [2.24, 2.45) is 0 Å². The van der Waals surface area contributed by atoms with Gasteiger partial charge in [-0.05, 0) is 82.6 Å². The van der Waals surface area contributed by atoms with Crippen LogP contribution in [0.4, 0.5) is 0 Å². The van der Waals surface area contributed by atoms with Crippen LogP contribution in [0, 0.1) is 0 Å². The highest BCUT2D eigenvalue weighted by atomic mass is 16.5. The Morgan fingerprint density at radius 2 is 1.32 bits per heavy atom. The standard InChI is InChI=1S/C18H16.C10H10O3/c1-3-7-15-13(5-1)9-11-18-16-8-4-2-6-14(16)10-12-17(15)18;1-3-9(12-5-1)7-11-8-10-4-2-6-13-10/h1,3,5,7,9-12H,2,4,6,8H2;1-6H,7-8H2. The second-order valence-corrected chi connectivity index (χ2v) is 7.94. The molecule has 0 fully saturated rings. The average molecular weight is 411 g/mol. The van der Waals surface area contributed by atoms with Gasteiger partial charge in [-0.15, -0.1) is 0 Å². The summed E-state index contributed by atoms with van der Waals surface area (Å²) in [7, 11) is 0. The molecule has 0 N–H and O–H groups in total. The molecule has 1 aliphatic rings. The van der Waals surface area contributed by atoms with Gasteiger partial charge >= 0.3 is 0 Å². The molecule has 2 aromatic heterocycles. The summed E-state index contributed by atoms with van der Waals surface area (Å²) in [5.74, 6) is 1.65. The predicted molar refractivity (Wildman–Crippen MR) is 124 cm³/mol. The van der Waals surface area contributed by atoms with Gasteiger partial charge in [0.25, 0.3) is 0 Å². The monoisotopic (exact) mass is 410 g/mol. The van der Waals surface area contributed by atoms with Crippen LogP contribution in [-0.2, 0) is 30.8 Å². The number of fused-ring (bicyclic) bond motifs is 5. The van der Waals surface area contributed by atoms with E-state index in [-0.39, 0.29) is 0 Å². The van der Waals surface area contributed by atoms with Gasteiger partial charge in [0, 0.05) is 0 Å². The minimum absolute atomic E-state index is 0.480. The van der Waals surface area contributed by atoms with Crippen LogP contribution in [0.5, 0.6) is 0 Å². The maximum absolute atomic E-state index is 5.33. The predicted octanol–water partition coefficient (Wildman–Crippen LogP) is 7.46. The molecule has 3 heteroatoms. The van der Waals surface area contributed by atoms with E-state index in [2.05, 4.69) is 48.5 Å². The van der Waals surface area contributed by atoms with E-state index in [1.54, 1.807) is 23.7 Å². The highest BCUT2D eigenvalue weighted by Crippen LogP contribution is 2.33. The molecule has 0 bridgehead atoms. The number of hydrogen-bond acceptors (Lipinski definition) is 3. The Kier molecular flexibility index (Phi) is 5.85. The quantitative estimate of drug-likeness (QED) is 0.288. The molecule has 0 amide bonds. The Morgan fingerprint density at radius 1 is 0.613 bits per heavy atom. The summed E-state index contributed by atoms with van der Waals surface area (Å²) in [5, 5.41) is 5.64. The van der Waals surface area contributed by atoms with Gasteiger partial charge in [-0.25, -0.2) is 0 Å². The first-order chi connectivity index (χ1) is 15.4. The van der Waals surface area contributed by atoms with Gasteiger partial charge in [0.1, 0.15) is 24.7 Å². The van der Waals surface area contributed by atoms with Gasteiger partial charge < -0.3 is 13.6 Å². The van der Waals surface area contributed by atoms with Gasteiger partial charge in [-0.1, -0.05) is 48.5 Å². The summed E-state index contributed by atoms with van der Waals surface area (Å²) < 4.78 is 15.5. The summed E-state index contributed by atoms with van der Waals surface area (Å²) >= 11 is 0. The zero-order chi connectivity index (χ0) is 20.9. The van der Waals surface area contributed by atoms with Crippen molar-refractivity contribution in [2.45, 2.75) is 38.9 Å². The van der Waals surface area contributed by atoms with Crippen molar-refractivity contribution in [1.82, 2.24) is 0 Å². The Bertz CT molecular complexity index is 1220. The third-order valence-electron chi connectivity index (χ3n) is 5.91. The fraction of sp³-hybridized carbons (Fsp3) is 0.214. The second kappa shape index (κ2) is 9.23. The van der Waals surface area contributed by atoms with Crippen LogP contribution in [-0.4, -0.2) is 0 Å². The van der Waals surface area contributed by atoms with E-state index in [1.807, 2.05) is 24.3 Å². The van der Waals surface area contributed by atoms with Gasteiger partial charge in [0.15, 0.2) is 0 Å². The van der Waals surface area contributed by atoms with Crippen LogP contribution >= 0.6 is 0 Å². The molecule has 0 aliphatic heterocycles. The molecule has 0 saturated carbocycles. The zero-order valence-corrected chi connectivity index (χ0v) is 17.6. The van der Waals surface area contributed by atoms with E-state index in [0.29, 0.717) is 13.2 Å². The van der Waals surface area contributed by atoms with Crippen molar-refractivity contribution in [3.8, 4) is 0 Å². The fourth-order valence-corrected chi connectivity index (χ4v) is 4.38. The molecule has 0 spiro atoms. The molecule has 0 saturated heterocycles. The molecular formula is C28H26O3. The molecule has 0 unspecified atom stereocenters. The SMILES string of the molecule is c1ccc2c(c1)ccc1c3c(ccc12)CCCC3.c1coc(COCc2ccco2)c1. The van der Waals surface area contributed by atoms with Crippen molar-refractivity contribution in [1.29, 1.82) is 0 Å². The molecule has 0 radical (unpaired) electrons. The summed E-state index contributed by atoms with van der Waals surface area (Å²) in [4.78, 5) is 0. The highest BCUT2D eigenvalue weighted by molar-refractivity contribution is 6.08. The minimum atomic E-state index is 0.480. The number of ether oxygens (including phenoxy) is 1. The first kappa shape index (κ1) is 19.7. The molecular weight excluding hydrogens is 384 g/mol. The summed E-state index contributed by atoms with van der Waals surface area (Å²) in [6.45, 7) is 0.960. The average Bonchev–Trinajstić information content (AvgIpc) is 3.54. The van der Waals surface area contributed by atoms with Crippen LogP contribution in [0.15, 0.2) is 94.2 Å². The van der Waals surface area contributed by atoms with Gasteiger partial charge in [-0.2, -0.15) is 0 Å². The maximum atomic E-state index is 5.33. The van der Waals surface area contributed by atoms with E-state index in [0.717, 1.165) is 11.5 Å².